The van der Waals surface area contributed by atoms with Crippen LogP contribution in [0.1, 0.15) is 95.5 Å². The highest BCUT2D eigenvalue weighted by Crippen LogP contribution is 2.36. The fraction of sp³-hybridized carbons (Fsp3) is 0.630. The van der Waals surface area contributed by atoms with Crippen LogP contribution in [0, 0.1) is 0 Å². The molecule has 1 saturated heterocycles. The van der Waals surface area contributed by atoms with E-state index >= 15 is 0 Å². The molecule has 1 aliphatic carbocycles. The molecule has 1 aromatic carbocycles. The average Bonchev–Trinajstić information content (AvgIpc) is 3.05. The predicted molar refractivity (Wildman–Crippen MR) is 125 cm³/mol. The second-order valence-electron chi connectivity index (χ2n) is 9.53. The SMILES string of the molecule is O=C1C(c2ccccc2)=C(N2CCCCC2)C(=O)N1C1CCCCCCCCCCC1. The first-order valence-electron chi connectivity index (χ1n) is 12.7. The minimum Gasteiger partial charge on any atom is -0.366 e. The number of carbonyl (C=O) groups is 2. The van der Waals surface area contributed by atoms with Gasteiger partial charge in [-0.25, -0.2) is 0 Å². The molecule has 0 aromatic heterocycles. The lowest BCUT2D eigenvalue weighted by Gasteiger charge is -2.31. The quantitative estimate of drug-likeness (QED) is 0.567. The zero-order valence-corrected chi connectivity index (χ0v) is 19.0. The second-order valence-corrected chi connectivity index (χ2v) is 9.53. The number of nitrogens with zero attached hydrogens (tertiary/aromatic N) is 2. The van der Waals surface area contributed by atoms with Crippen molar-refractivity contribution in [2.45, 2.75) is 95.9 Å². The summed E-state index contributed by atoms with van der Waals surface area (Å²) in [5, 5.41) is 0. The first-order chi connectivity index (χ1) is 15.3. The number of imide groups is 1. The van der Waals surface area contributed by atoms with E-state index in [9.17, 15) is 9.59 Å². The van der Waals surface area contributed by atoms with Crippen LogP contribution in [0.3, 0.4) is 0 Å². The molecule has 4 heteroatoms. The van der Waals surface area contributed by atoms with Crippen LogP contribution in [0.4, 0.5) is 0 Å². The Bertz CT molecular complexity index is 768. The fourth-order valence-corrected chi connectivity index (χ4v) is 5.54. The van der Waals surface area contributed by atoms with Gasteiger partial charge in [-0.1, -0.05) is 88.1 Å². The largest absolute Gasteiger partial charge is 0.366 e. The number of piperidine rings is 1. The lowest BCUT2D eigenvalue weighted by molar-refractivity contribution is -0.140. The molecule has 4 rings (SSSR count). The first-order valence-corrected chi connectivity index (χ1v) is 12.7. The Kier molecular flexibility index (Phi) is 7.82. The third-order valence-electron chi connectivity index (χ3n) is 7.27. The van der Waals surface area contributed by atoms with Crippen molar-refractivity contribution in [3.8, 4) is 0 Å². The Balaban J connectivity index is 1.61. The Morgan fingerprint density at radius 3 is 1.71 bits per heavy atom. The number of rotatable bonds is 3. The zero-order chi connectivity index (χ0) is 21.5. The standard InChI is InChI=1S/C27H38N2O2/c30-26-24(22-16-10-8-11-17-22)25(28-20-14-9-15-21-28)27(31)29(26)23-18-12-6-4-2-1-3-5-7-13-19-23/h8,10-11,16-17,23H,1-7,9,12-15,18-21H2. The van der Waals surface area contributed by atoms with Crippen LogP contribution in [-0.4, -0.2) is 40.7 Å². The van der Waals surface area contributed by atoms with Gasteiger partial charge in [-0.3, -0.25) is 14.5 Å². The molecule has 0 unspecified atom stereocenters. The van der Waals surface area contributed by atoms with Crippen LogP contribution >= 0.6 is 0 Å². The van der Waals surface area contributed by atoms with Gasteiger partial charge in [-0.15, -0.1) is 0 Å². The molecule has 0 atom stereocenters. The summed E-state index contributed by atoms with van der Waals surface area (Å²) >= 11 is 0. The molecular formula is C27H38N2O2. The van der Waals surface area contributed by atoms with E-state index in [4.69, 9.17) is 0 Å². The van der Waals surface area contributed by atoms with E-state index in [0.29, 0.717) is 11.3 Å². The number of amides is 2. The van der Waals surface area contributed by atoms with Crippen molar-refractivity contribution in [3.05, 3.63) is 41.6 Å². The van der Waals surface area contributed by atoms with Gasteiger partial charge in [0, 0.05) is 19.1 Å². The number of hydrogen-bond donors (Lipinski definition) is 0. The molecule has 1 aromatic rings. The van der Waals surface area contributed by atoms with E-state index < -0.39 is 0 Å². The third kappa shape index (κ3) is 5.22. The van der Waals surface area contributed by atoms with Crippen LogP contribution in [0.5, 0.6) is 0 Å². The number of benzene rings is 1. The van der Waals surface area contributed by atoms with Crippen LogP contribution < -0.4 is 0 Å². The van der Waals surface area contributed by atoms with Crippen LogP contribution in [0.15, 0.2) is 36.0 Å². The highest BCUT2D eigenvalue weighted by Gasteiger charge is 2.44. The molecule has 0 radical (unpaired) electrons. The normalized spacial score (nSPS) is 23.1. The van der Waals surface area contributed by atoms with Gasteiger partial charge in [0.15, 0.2) is 0 Å². The number of carbonyl (C=O) groups excluding carboxylic acids is 2. The van der Waals surface area contributed by atoms with Crippen molar-refractivity contribution in [3.63, 3.8) is 0 Å². The van der Waals surface area contributed by atoms with E-state index in [1.54, 1.807) is 4.90 Å². The number of likely N-dealkylation sites (tertiary alicyclic amines) is 1. The number of hydrogen-bond acceptors (Lipinski definition) is 3. The van der Waals surface area contributed by atoms with Crippen molar-refractivity contribution in [2.24, 2.45) is 0 Å². The van der Waals surface area contributed by atoms with Crippen molar-refractivity contribution in [1.82, 2.24) is 9.80 Å². The summed E-state index contributed by atoms with van der Waals surface area (Å²) in [5.74, 6) is -0.100. The Morgan fingerprint density at radius 1 is 0.613 bits per heavy atom. The molecule has 2 fully saturated rings. The van der Waals surface area contributed by atoms with Gasteiger partial charge in [0.25, 0.3) is 11.8 Å². The summed E-state index contributed by atoms with van der Waals surface area (Å²) in [7, 11) is 0. The van der Waals surface area contributed by atoms with Crippen molar-refractivity contribution >= 4 is 17.4 Å². The van der Waals surface area contributed by atoms with Gasteiger partial charge in [0.05, 0.1) is 5.57 Å². The van der Waals surface area contributed by atoms with E-state index in [0.717, 1.165) is 57.2 Å². The summed E-state index contributed by atoms with van der Waals surface area (Å²) in [6.07, 6.45) is 16.5. The molecule has 4 nitrogen and oxygen atoms in total. The summed E-state index contributed by atoms with van der Waals surface area (Å²) in [6.45, 7) is 1.76. The highest BCUT2D eigenvalue weighted by atomic mass is 16.2. The van der Waals surface area contributed by atoms with Crippen molar-refractivity contribution in [1.29, 1.82) is 0 Å². The predicted octanol–water partition coefficient (Wildman–Crippen LogP) is 5.93. The van der Waals surface area contributed by atoms with Crippen molar-refractivity contribution < 1.29 is 9.59 Å². The molecular weight excluding hydrogens is 384 g/mol. The molecule has 3 aliphatic rings. The Hall–Kier alpha value is -2.10. The molecule has 2 amide bonds. The minimum absolute atomic E-state index is 0.0390. The van der Waals surface area contributed by atoms with E-state index in [1.807, 2.05) is 30.3 Å². The topological polar surface area (TPSA) is 40.6 Å². The highest BCUT2D eigenvalue weighted by molar-refractivity contribution is 6.35. The van der Waals surface area contributed by atoms with Crippen LogP contribution in [0.25, 0.3) is 5.57 Å². The Labute approximate surface area is 187 Å². The van der Waals surface area contributed by atoms with Gasteiger partial charge in [0.1, 0.15) is 5.70 Å². The van der Waals surface area contributed by atoms with Crippen LogP contribution in [0.2, 0.25) is 0 Å². The molecule has 0 bridgehead atoms. The van der Waals surface area contributed by atoms with E-state index in [1.165, 1.54) is 51.4 Å². The summed E-state index contributed by atoms with van der Waals surface area (Å²) in [4.78, 5) is 31.4. The molecule has 2 aliphatic heterocycles. The smallest absolute Gasteiger partial charge is 0.278 e. The third-order valence-corrected chi connectivity index (χ3v) is 7.27. The maximum Gasteiger partial charge on any atom is 0.278 e. The summed E-state index contributed by atoms with van der Waals surface area (Å²) < 4.78 is 0. The minimum atomic E-state index is -0.0612. The van der Waals surface area contributed by atoms with Gasteiger partial charge in [-0.2, -0.15) is 0 Å². The molecule has 1 saturated carbocycles. The van der Waals surface area contributed by atoms with Gasteiger partial charge in [0.2, 0.25) is 0 Å². The summed E-state index contributed by atoms with van der Waals surface area (Å²) in [6, 6.07) is 9.90. The first kappa shape index (κ1) is 22.1. The van der Waals surface area contributed by atoms with E-state index in [-0.39, 0.29) is 17.9 Å². The second kappa shape index (κ2) is 11.0. The lowest BCUT2D eigenvalue weighted by Crippen LogP contribution is -2.43. The molecule has 0 N–H and O–H groups in total. The average molecular weight is 423 g/mol. The Morgan fingerprint density at radius 2 is 1.13 bits per heavy atom. The lowest BCUT2D eigenvalue weighted by atomic mass is 9.96. The van der Waals surface area contributed by atoms with Crippen molar-refractivity contribution in [2.75, 3.05) is 13.1 Å². The maximum atomic E-state index is 13.8. The maximum absolute atomic E-state index is 13.8. The van der Waals surface area contributed by atoms with Gasteiger partial charge >= 0.3 is 0 Å². The van der Waals surface area contributed by atoms with Crippen LogP contribution in [-0.2, 0) is 9.59 Å². The molecule has 2 heterocycles. The monoisotopic (exact) mass is 422 g/mol. The van der Waals surface area contributed by atoms with Gasteiger partial charge < -0.3 is 4.90 Å². The summed E-state index contributed by atoms with van der Waals surface area (Å²) in [5.41, 5.74) is 2.19. The molecule has 168 valence electrons. The van der Waals surface area contributed by atoms with E-state index in [2.05, 4.69) is 4.90 Å². The fourth-order valence-electron chi connectivity index (χ4n) is 5.54. The van der Waals surface area contributed by atoms with Gasteiger partial charge in [-0.05, 0) is 37.7 Å². The molecule has 0 spiro atoms. The molecule has 31 heavy (non-hydrogen) atoms. The zero-order valence-electron chi connectivity index (χ0n) is 19.0.